The number of rotatable bonds is 8. The third kappa shape index (κ3) is 8.07. The fraction of sp³-hybridized carbons (Fsp3) is 0.353. The third-order valence-corrected chi connectivity index (χ3v) is 8.82. The largest absolute Gasteiger partial charge is 0.573 e. The number of methoxy groups -OCH3 is 1. The van der Waals surface area contributed by atoms with Crippen molar-refractivity contribution in [2.24, 2.45) is 4.99 Å². The van der Waals surface area contributed by atoms with E-state index in [0.29, 0.717) is 16.7 Å². The van der Waals surface area contributed by atoms with Crippen LogP contribution in [0.4, 0.5) is 23.7 Å². The quantitative estimate of drug-likeness (QED) is 0.202. The number of aromatic nitrogens is 3. The van der Waals surface area contributed by atoms with Gasteiger partial charge in [-0.25, -0.2) is 14.5 Å². The van der Waals surface area contributed by atoms with Crippen LogP contribution in [-0.4, -0.2) is 51.2 Å². The summed E-state index contributed by atoms with van der Waals surface area (Å²) in [6.45, 7) is 10.2. The van der Waals surface area contributed by atoms with Gasteiger partial charge in [-0.1, -0.05) is 49.9 Å². The Morgan fingerprint density at radius 3 is 2.36 bits per heavy atom. The molecule has 1 aromatic heterocycles. The maximum Gasteiger partial charge on any atom is 0.573 e. The third-order valence-electron chi connectivity index (χ3n) is 7.84. The summed E-state index contributed by atoms with van der Waals surface area (Å²) >= 11 is 1.57. The van der Waals surface area contributed by atoms with E-state index in [1.54, 1.807) is 18.9 Å². The highest BCUT2D eigenvalue weighted by atomic mass is 32.2. The van der Waals surface area contributed by atoms with Crippen LogP contribution in [0, 0.1) is 0 Å². The second kappa shape index (κ2) is 13.7. The summed E-state index contributed by atoms with van der Waals surface area (Å²) in [5, 5.41) is 8.19. The van der Waals surface area contributed by atoms with Crippen molar-refractivity contribution in [2.45, 2.75) is 64.9 Å². The predicted molar refractivity (Wildman–Crippen MR) is 179 cm³/mol. The number of carbonyl (C=O) groups excluding carboxylic acids is 1. The molecule has 2 heterocycles. The molecule has 1 aliphatic heterocycles. The van der Waals surface area contributed by atoms with Crippen LogP contribution in [0.15, 0.2) is 78.0 Å². The van der Waals surface area contributed by atoms with Crippen LogP contribution in [-0.2, 0) is 5.54 Å². The van der Waals surface area contributed by atoms with E-state index in [9.17, 15) is 18.0 Å². The molecule has 1 fully saturated rings. The number of hydrogen-bond acceptors (Lipinski definition) is 6. The molecule has 9 nitrogen and oxygen atoms in total. The highest BCUT2D eigenvalue weighted by Gasteiger charge is 2.32. The number of alkyl halides is 3. The van der Waals surface area contributed by atoms with E-state index in [1.807, 2.05) is 56.3 Å². The molecule has 0 saturated carbocycles. The van der Waals surface area contributed by atoms with Gasteiger partial charge in [0.15, 0.2) is 11.0 Å². The number of nitrogens with one attached hydrogen (secondary N) is 1. The van der Waals surface area contributed by atoms with Crippen molar-refractivity contribution in [1.29, 1.82) is 0 Å². The average Bonchev–Trinajstić information content (AvgIpc) is 3.51. The molecule has 1 unspecified atom stereocenters. The highest BCUT2D eigenvalue weighted by molar-refractivity contribution is 8.14. The first-order valence-electron chi connectivity index (χ1n) is 15.1. The number of amides is 2. The van der Waals surface area contributed by atoms with Crippen LogP contribution in [0.3, 0.4) is 0 Å². The molecule has 0 aliphatic carbocycles. The number of ether oxygens (including phenoxy) is 2. The number of amidine groups is 1. The van der Waals surface area contributed by atoms with Crippen molar-refractivity contribution >= 4 is 28.6 Å². The second-order valence-electron chi connectivity index (χ2n) is 12.0. The molecular formula is C34H37F3N6O3S. The summed E-state index contributed by atoms with van der Waals surface area (Å²) in [6, 6.07) is 18.6. The van der Waals surface area contributed by atoms with Crippen LogP contribution in [0.1, 0.15) is 58.1 Å². The zero-order valence-corrected chi connectivity index (χ0v) is 27.8. The molecule has 0 bridgehead atoms. The number of hydrogen-bond donors (Lipinski definition) is 1. The number of anilines is 1. The minimum Gasteiger partial charge on any atom is -0.497 e. The van der Waals surface area contributed by atoms with E-state index in [0.717, 1.165) is 40.3 Å². The van der Waals surface area contributed by atoms with Gasteiger partial charge in [-0.05, 0) is 86.7 Å². The molecule has 4 aromatic rings. The van der Waals surface area contributed by atoms with Crippen LogP contribution in [0.2, 0.25) is 0 Å². The molecule has 5 rings (SSSR count). The zero-order chi connectivity index (χ0) is 33.9. The Balaban J connectivity index is 1.30. The fourth-order valence-electron chi connectivity index (χ4n) is 5.29. The summed E-state index contributed by atoms with van der Waals surface area (Å²) in [4.78, 5) is 24.4. The maximum absolute atomic E-state index is 13.4. The number of carbonyl (C=O) groups is 1. The van der Waals surface area contributed by atoms with Crippen LogP contribution < -0.4 is 19.7 Å². The molecular weight excluding hydrogens is 629 g/mol. The first-order chi connectivity index (χ1) is 22.2. The lowest BCUT2D eigenvalue weighted by Gasteiger charge is -2.37. The van der Waals surface area contributed by atoms with Crippen LogP contribution in [0.25, 0.3) is 17.1 Å². The smallest absolute Gasteiger partial charge is 0.497 e. The van der Waals surface area contributed by atoms with E-state index in [-0.39, 0.29) is 17.7 Å². The number of thioether (sulfide) groups is 1. The van der Waals surface area contributed by atoms with Gasteiger partial charge in [-0.3, -0.25) is 0 Å². The van der Waals surface area contributed by atoms with Crippen molar-refractivity contribution in [3.05, 3.63) is 84.2 Å². The number of nitrogens with zero attached hydrogens (tertiary/aromatic N) is 5. The molecule has 0 spiro atoms. The van der Waals surface area contributed by atoms with E-state index in [1.165, 1.54) is 35.3 Å². The number of benzene rings is 3. The summed E-state index contributed by atoms with van der Waals surface area (Å²) in [5.41, 5.74) is 3.51. The van der Waals surface area contributed by atoms with Gasteiger partial charge in [0.05, 0.1) is 18.3 Å². The van der Waals surface area contributed by atoms with Crippen molar-refractivity contribution in [3.63, 3.8) is 0 Å². The molecule has 13 heteroatoms. The van der Waals surface area contributed by atoms with E-state index in [4.69, 9.17) is 4.74 Å². The maximum atomic E-state index is 13.4. The minimum absolute atomic E-state index is 0.161. The zero-order valence-electron chi connectivity index (χ0n) is 27.0. The number of halogens is 3. The summed E-state index contributed by atoms with van der Waals surface area (Å²) in [6.07, 6.45) is -2.32. The van der Waals surface area contributed by atoms with Gasteiger partial charge in [0.25, 0.3) is 0 Å². The van der Waals surface area contributed by atoms with E-state index in [2.05, 4.69) is 50.8 Å². The van der Waals surface area contributed by atoms with E-state index < -0.39 is 17.9 Å². The van der Waals surface area contributed by atoms with Crippen LogP contribution in [0.5, 0.6) is 11.5 Å². The van der Waals surface area contributed by atoms with Gasteiger partial charge in [0, 0.05) is 23.0 Å². The van der Waals surface area contributed by atoms with Gasteiger partial charge in [0.2, 0.25) is 0 Å². The molecule has 0 radical (unpaired) electrons. The van der Waals surface area contributed by atoms with Gasteiger partial charge in [0.1, 0.15) is 17.8 Å². The Kier molecular flexibility index (Phi) is 9.85. The van der Waals surface area contributed by atoms with Gasteiger partial charge in [-0.2, -0.15) is 4.99 Å². The second-order valence-corrected chi connectivity index (χ2v) is 13.1. The summed E-state index contributed by atoms with van der Waals surface area (Å²) in [7, 11) is 1.65. The SMILES string of the molecule is COc1ccc(N2/C(=N/C(=O)NC(C)(C)c3ccc(-c4ncn(-c5ccc(OC(F)(F)F)cc5)n4)cc3)SCCC2C)c(C(C)C)c1. The Morgan fingerprint density at radius 1 is 1.04 bits per heavy atom. The summed E-state index contributed by atoms with van der Waals surface area (Å²) < 4.78 is 48.3. The molecule has 3 aromatic carbocycles. The monoisotopic (exact) mass is 666 g/mol. The Labute approximate surface area is 276 Å². The molecule has 248 valence electrons. The molecule has 2 amide bonds. The Bertz CT molecular complexity index is 1740. The molecule has 1 aliphatic rings. The average molecular weight is 667 g/mol. The number of aliphatic imine (C=N–C) groups is 1. The van der Waals surface area contributed by atoms with Crippen molar-refractivity contribution < 1.29 is 27.4 Å². The van der Waals surface area contributed by atoms with Crippen LogP contribution >= 0.6 is 11.8 Å². The minimum atomic E-state index is -4.76. The molecule has 1 N–H and O–H groups in total. The highest BCUT2D eigenvalue weighted by Crippen LogP contribution is 2.37. The van der Waals surface area contributed by atoms with Crippen molar-refractivity contribution in [3.8, 4) is 28.6 Å². The van der Waals surface area contributed by atoms with Crippen molar-refractivity contribution in [1.82, 2.24) is 20.1 Å². The fourth-order valence-corrected chi connectivity index (χ4v) is 6.49. The standard InChI is InChI=1S/C34H37F3N6O3S/c1-21(2)28-19-27(45-6)15-16-29(28)43-22(3)17-18-47-32(43)39-31(44)40-33(4,5)24-9-7-23(8-10-24)30-38-20-42(41-30)25-11-13-26(14-12-25)46-34(35,36)37/h7-16,19-22H,17-18H2,1-6H3,(H,40,44)/b39-32-. The first-order valence-corrected chi connectivity index (χ1v) is 16.1. The van der Waals surface area contributed by atoms with E-state index >= 15 is 0 Å². The molecule has 1 atom stereocenters. The summed E-state index contributed by atoms with van der Waals surface area (Å²) in [5.74, 6) is 2.01. The first kappa shape index (κ1) is 33.8. The van der Waals surface area contributed by atoms with Crippen molar-refractivity contribution in [2.75, 3.05) is 17.8 Å². The Morgan fingerprint density at radius 2 is 1.72 bits per heavy atom. The van der Waals surface area contributed by atoms with Gasteiger partial charge < -0.3 is 19.7 Å². The normalized spacial score (nSPS) is 16.4. The van der Waals surface area contributed by atoms with Gasteiger partial charge in [-0.15, -0.1) is 18.3 Å². The lowest BCUT2D eigenvalue weighted by atomic mass is 9.93. The topological polar surface area (TPSA) is 93.9 Å². The van der Waals surface area contributed by atoms with Gasteiger partial charge >= 0.3 is 12.4 Å². The molecule has 1 saturated heterocycles. The Hall–Kier alpha value is -4.52. The number of urea groups is 1. The lowest BCUT2D eigenvalue weighted by molar-refractivity contribution is -0.274. The lowest BCUT2D eigenvalue weighted by Crippen LogP contribution is -2.44. The predicted octanol–water partition coefficient (Wildman–Crippen LogP) is 8.30. The molecule has 47 heavy (non-hydrogen) atoms.